The van der Waals surface area contributed by atoms with Crippen molar-refractivity contribution in [3.63, 3.8) is 0 Å². The van der Waals surface area contributed by atoms with Crippen LogP contribution in [-0.4, -0.2) is 13.1 Å². The molecule has 0 atom stereocenters. The maximum atomic E-state index is 8.40. The fourth-order valence-corrected chi connectivity index (χ4v) is 2.30. The number of thiophene rings is 1. The van der Waals surface area contributed by atoms with E-state index in [-0.39, 0.29) is 5.41 Å². The van der Waals surface area contributed by atoms with Crippen LogP contribution in [0.5, 0.6) is 0 Å². The van der Waals surface area contributed by atoms with Crippen molar-refractivity contribution in [1.82, 2.24) is 5.32 Å². The lowest BCUT2D eigenvalue weighted by atomic mass is 9.91. The molecule has 0 radical (unpaired) electrons. The molecule has 3 heteroatoms. The van der Waals surface area contributed by atoms with Crippen molar-refractivity contribution >= 4 is 11.3 Å². The van der Waals surface area contributed by atoms with Crippen LogP contribution in [0.15, 0.2) is 17.5 Å². The van der Waals surface area contributed by atoms with E-state index in [9.17, 15) is 0 Å². The van der Waals surface area contributed by atoms with Gasteiger partial charge in [0.15, 0.2) is 0 Å². The third-order valence-electron chi connectivity index (χ3n) is 2.40. The van der Waals surface area contributed by atoms with Crippen molar-refractivity contribution in [2.24, 2.45) is 0 Å². The molecular weight excluding hydrogens is 204 g/mol. The lowest BCUT2D eigenvalue weighted by molar-refractivity contribution is 0.475. The number of nitrogens with zero attached hydrogens (tertiary/aromatic N) is 1. The summed E-state index contributed by atoms with van der Waals surface area (Å²) in [5, 5.41) is 13.9. The summed E-state index contributed by atoms with van der Waals surface area (Å²) < 4.78 is 0. The highest BCUT2D eigenvalue weighted by atomic mass is 32.1. The molecule has 0 saturated heterocycles. The van der Waals surface area contributed by atoms with Gasteiger partial charge in [-0.3, -0.25) is 0 Å². The minimum absolute atomic E-state index is 0.195. The van der Waals surface area contributed by atoms with Gasteiger partial charge in [-0.2, -0.15) is 5.26 Å². The van der Waals surface area contributed by atoms with Crippen LogP contribution in [0.2, 0.25) is 0 Å². The Morgan fingerprint density at radius 3 is 2.93 bits per heavy atom. The Kier molecular flexibility index (Phi) is 4.80. The van der Waals surface area contributed by atoms with Gasteiger partial charge < -0.3 is 5.32 Å². The molecule has 0 aromatic carbocycles. The Morgan fingerprint density at radius 2 is 2.33 bits per heavy atom. The van der Waals surface area contributed by atoms with Crippen LogP contribution in [0.4, 0.5) is 0 Å². The predicted molar refractivity (Wildman–Crippen MR) is 65.1 cm³/mol. The summed E-state index contributed by atoms with van der Waals surface area (Å²) in [6.45, 7) is 6.40. The van der Waals surface area contributed by atoms with Crippen molar-refractivity contribution in [3.05, 3.63) is 22.4 Å². The third-order valence-corrected chi connectivity index (χ3v) is 3.63. The molecule has 15 heavy (non-hydrogen) atoms. The second kappa shape index (κ2) is 5.89. The molecule has 0 aliphatic rings. The molecule has 1 rings (SSSR count). The van der Waals surface area contributed by atoms with Crippen molar-refractivity contribution in [3.8, 4) is 6.07 Å². The van der Waals surface area contributed by atoms with Crippen molar-refractivity contribution in [2.45, 2.75) is 32.1 Å². The van der Waals surface area contributed by atoms with E-state index < -0.39 is 0 Å². The second-order valence-electron chi connectivity index (χ2n) is 4.30. The molecule has 0 unspecified atom stereocenters. The minimum Gasteiger partial charge on any atom is -0.316 e. The first-order chi connectivity index (χ1) is 7.17. The minimum atomic E-state index is 0.195. The lowest BCUT2D eigenvalue weighted by Gasteiger charge is -2.23. The summed E-state index contributed by atoms with van der Waals surface area (Å²) in [4.78, 5) is 1.41. The average molecular weight is 222 g/mol. The average Bonchev–Trinajstić information content (AvgIpc) is 2.70. The first kappa shape index (κ1) is 12.2. The Bertz CT molecular complexity index is 309. The highest BCUT2D eigenvalue weighted by Gasteiger charge is 2.20. The molecule has 82 valence electrons. The van der Waals surface area contributed by atoms with E-state index >= 15 is 0 Å². The highest BCUT2D eigenvalue weighted by molar-refractivity contribution is 7.10. The smallest absolute Gasteiger partial charge is 0.0622 e. The van der Waals surface area contributed by atoms with Crippen molar-refractivity contribution in [1.29, 1.82) is 5.26 Å². The summed E-state index contributed by atoms with van der Waals surface area (Å²) in [6.07, 6.45) is 1.59. The molecule has 0 aliphatic carbocycles. The molecule has 0 bridgehead atoms. The number of unbranched alkanes of at least 4 members (excludes halogenated alkanes) is 1. The van der Waals surface area contributed by atoms with Crippen LogP contribution in [0.1, 0.15) is 31.6 Å². The Hall–Kier alpha value is -0.850. The quantitative estimate of drug-likeness (QED) is 0.751. The number of nitriles is 1. The summed E-state index contributed by atoms with van der Waals surface area (Å²) in [5.41, 5.74) is 0.195. The van der Waals surface area contributed by atoms with Gasteiger partial charge in [-0.05, 0) is 24.4 Å². The van der Waals surface area contributed by atoms with E-state index in [4.69, 9.17) is 5.26 Å². The summed E-state index contributed by atoms with van der Waals surface area (Å²) >= 11 is 1.81. The number of nitrogens with one attached hydrogen (secondary N) is 1. The fourth-order valence-electron chi connectivity index (χ4n) is 1.44. The summed E-state index contributed by atoms with van der Waals surface area (Å²) in [7, 11) is 0. The normalized spacial score (nSPS) is 11.3. The van der Waals surface area contributed by atoms with Crippen LogP contribution in [0.25, 0.3) is 0 Å². The van der Waals surface area contributed by atoms with E-state index in [0.717, 1.165) is 19.5 Å². The monoisotopic (exact) mass is 222 g/mol. The number of rotatable bonds is 6. The topological polar surface area (TPSA) is 35.8 Å². The van der Waals surface area contributed by atoms with E-state index in [0.29, 0.717) is 6.42 Å². The van der Waals surface area contributed by atoms with Gasteiger partial charge in [-0.1, -0.05) is 19.9 Å². The van der Waals surface area contributed by atoms with Gasteiger partial charge in [-0.25, -0.2) is 0 Å². The van der Waals surface area contributed by atoms with Crippen LogP contribution in [0, 0.1) is 11.3 Å². The van der Waals surface area contributed by atoms with E-state index in [1.807, 2.05) is 0 Å². The first-order valence-corrected chi connectivity index (χ1v) is 6.16. The number of hydrogen-bond acceptors (Lipinski definition) is 3. The molecule has 0 fully saturated rings. The Labute approximate surface area is 95.9 Å². The van der Waals surface area contributed by atoms with Gasteiger partial charge in [0.1, 0.15) is 0 Å². The molecule has 1 aromatic rings. The molecular formula is C12H18N2S. The third kappa shape index (κ3) is 4.03. The molecule has 2 nitrogen and oxygen atoms in total. The number of hydrogen-bond donors (Lipinski definition) is 1. The van der Waals surface area contributed by atoms with Gasteiger partial charge in [-0.15, -0.1) is 11.3 Å². The fraction of sp³-hybridized carbons (Fsp3) is 0.583. The molecule has 1 heterocycles. The molecule has 1 N–H and O–H groups in total. The standard InChI is InChI=1S/C12H18N2S/c1-12(2,11-6-5-9-15-11)10-14-8-4-3-7-13/h5-6,9,14H,3-4,8,10H2,1-2H3. The molecule has 1 aromatic heterocycles. The lowest BCUT2D eigenvalue weighted by Crippen LogP contribution is -2.32. The Balaban J connectivity index is 2.29. The van der Waals surface area contributed by atoms with Crippen LogP contribution >= 0.6 is 11.3 Å². The first-order valence-electron chi connectivity index (χ1n) is 5.28. The van der Waals surface area contributed by atoms with Crippen LogP contribution in [-0.2, 0) is 5.41 Å². The maximum Gasteiger partial charge on any atom is 0.0622 e. The van der Waals surface area contributed by atoms with Crippen LogP contribution in [0.3, 0.4) is 0 Å². The van der Waals surface area contributed by atoms with Gasteiger partial charge in [0.05, 0.1) is 6.07 Å². The van der Waals surface area contributed by atoms with Gasteiger partial charge in [0.2, 0.25) is 0 Å². The van der Waals surface area contributed by atoms with E-state index in [1.54, 1.807) is 11.3 Å². The molecule has 0 saturated carbocycles. The molecule has 0 amide bonds. The highest BCUT2D eigenvalue weighted by Crippen LogP contribution is 2.26. The zero-order chi connectivity index (χ0) is 11.1. The predicted octanol–water partition coefficient (Wildman–Crippen LogP) is 2.92. The summed E-state index contributed by atoms with van der Waals surface area (Å²) in [6, 6.07) is 6.43. The zero-order valence-corrected chi connectivity index (χ0v) is 10.2. The SMILES string of the molecule is CC(C)(CNCCCC#N)c1cccs1. The maximum absolute atomic E-state index is 8.40. The second-order valence-corrected chi connectivity index (χ2v) is 5.25. The largest absolute Gasteiger partial charge is 0.316 e. The van der Waals surface area contributed by atoms with E-state index in [1.165, 1.54) is 4.88 Å². The summed E-state index contributed by atoms with van der Waals surface area (Å²) in [5.74, 6) is 0. The molecule has 0 spiro atoms. The van der Waals surface area contributed by atoms with Gasteiger partial charge >= 0.3 is 0 Å². The Morgan fingerprint density at radius 1 is 1.53 bits per heavy atom. The van der Waals surface area contributed by atoms with Gasteiger partial charge in [0.25, 0.3) is 0 Å². The molecule has 0 aliphatic heterocycles. The van der Waals surface area contributed by atoms with Gasteiger partial charge in [0, 0.05) is 23.3 Å². The van der Waals surface area contributed by atoms with Crippen molar-refractivity contribution < 1.29 is 0 Å². The van der Waals surface area contributed by atoms with Crippen molar-refractivity contribution in [2.75, 3.05) is 13.1 Å². The zero-order valence-electron chi connectivity index (χ0n) is 9.42. The van der Waals surface area contributed by atoms with Crippen LogP contribution < -0.4 is 5.32 Å². The van der Waals surface area contributed by atoms with E-state index in [2.05, 4.69) is 42.7 Å².